The smallest absolute Gasteiger partial charge is 0.233 e. The summed E-state index contributed by atoms with van der Waals surface area (Å²) in [5.41, 5.74) is 0. The minimum Gasteiger partial charge on any atom is -0.378 e. The minimum atomic E-state index is 0.0739. The van der Waals surface area contributed by atoms with Crippen LogP contribution in [0.3, 0.4) is 0 Å². The molecule has 2 N–H and O–H groups in total. The Balaban J connectivity index is 1.94. The van der Waals surface area contributed by atoms with Gasteiger partial charge in [-0.1, -0.05) is 6.92 Å². The number of carbonyl (C=O) groups is 1. The van der Waals surface area contributed by atoms with Crippen LogP contribution < -0.4 is 10.6 Å². The van der Waals surface area contributed by atoms with Crippen molar-refractivity contribution < 1.29 is 9.53 Å². The second-order valence-corrected chi connectivity index (χ2v) is 3.55. The zero-order valence-electron chi connectivity index (χ0n) is 8.84. The van der Waals surface area contributed by atoms with Gasteiger partial charge in [0.15, 0.2) is 0 Å². The Hall–Kier alpha value is -0.610. The van der Waals surface area contributed by atoms with Crippen molar-refractivity contribution in [2.75, 3.05) is 26.2 Å². The summed E-state index contributed by atoms with van der Waals surface area (Å²) in [5.74, 6) is 0.0739. The third-order valence-electron chi connectivity index (χ3n) is 2.35. The molecule has 0 spiro atoms. The van der Waals surface area contributed by atoms with E-state index < -0.39 is 0 Å². The maximum Gasteiger partial charge on any atom is 0.233 e. The third-order valence-corrected chi connectivity index (χ3v) is 2.35. The molecule has 4 heteroatoms. The van der Waals surface area contributed by atoms with E-state index in [1.54, 1.807) is 0 Å². The van der Waals surface area contributed by atoms with Crippen LogP contribution >= 0.6 is 0 Å². The lowest BCUT2D eigenvalue weighted by Gasteiger charge is -2.09. The molecule has 1 atom stereocenters. The standard InChI is InChI=1S/C10H20N2O2/c1-2-11-8-10(13)12-6-5-9-4-3-7-14-9/h9,11H,2-8H2,1H3,(H,12,13). The van der Waals surface area contributed by atoms with Crippen molar-refractivity contribution in [1.29, 1.82) is 0 Å². The number of hydrogen-bond donors (Lipinski definition) is 2. The molecule has 82 valence electrons. The molecule has 0 aromatic heterocycles. The maximum absolute atomic E-state index is 11.2. The number of likely N-dealkylation sites (N-methyl/N-ethyl adjacent to an activating group) is 1. The minimum absolute atomic E-state index is 0.0739. The van der Waals surface area contributed by atoms with Crippen LogP contribution in [0.25, 0.3) is 0 Å². The molecule has 1 unspecified atom stereocenters. The molecule has 1 saturated heterocycles. The van der Waals surface area contributed by atoms with Crippen LogP contribution in [0.4, 0.5) is 0 Å². The first-order valence-corrected chi connectivity index (χ1v) is 5.42. The molecule has 14 heavy (non-hydrogen) atoms. The summed E-state index contributed by atoms with van der Waals surface area (Å²) in [7, 11) is 0. The first kappa shape index (κ1) is 11.5. The van der Waals surface area contributed by atoms with Gasteiger partial charge < -0.3 is 15.4 Å². The van der Waals surface area contributed by atoms with Crippen LogP contribution in [0.15, 0.2) is 0 Å². The molecule has 1 aliphatic rings. The SMILES string of the molecule is CCNCC(=O)NCCC1CCCO1. The molecule has 1 amide bonds. The summed E-state index contributed by atoms with van der Waals surface area (Å²) in [6.45, 7) is 4.85. The van der Waals surface area contributed by atoms with Crippen molar-refractivity contribution in [3.63, 3.8) is 0 Å². The molecule has 1 fully saturated rings. The number of nitrogens with one attached hydrogen (secondary N) is 2. The number of hydrogen-bond acceptors (Lipinski definition) is 3. The summed E-state index contributed by atoms with van der Waals surface area (Å²) in [6.07, 6.45) is 3.62. The van der Waals surface area contributed by atoms with E-state index in [-0.39, 0.29) is 5.91 Å². The molecule has 0 radical (unpaired) electrons. The fraction of sp³-hybridized carbons (Fsp3) is 0.900. The normalized spacial score (nSPS) is 21.1. The van der Waals surface area contributed by atoms with Gasteiger partial charge >= 0.3 is 0 Å². The van der Waals surface area contributed by atoms with E-state index in [1.165, 1.54) is 0 Å². The third kappa shape index (κ3) is 4.58. The summed E-state index contributed by atoms with van der Waals surface area (Å²) in [6, 6.07) is 0. The number of ether oxygens (including phenoxy) is 1. The van der Waals surface area contributed by atoms with Crippen molar-refractivity contribution in [1.82, 2.24) is 10.6 Å². The van der Waals surface area contributed by atoms with E-state index in [4.69, 9.17) is 4.74 Å². The van der Waals surface area contributed by atoms with E-state index in [1.807, 2.05) is 6.92 Å². The van der Waals surface area contributed by atoms with E-state index in [9.17, 15) is 4.79 Å². The molecular weight excluding hydrogens is 180 g/mol. The van der Waals surface area contributed by atoms with Crippen LogP contribution in [-0.4, -0.2) is 38.3 Å². The summed E-state index contributed by atoms with van der Waals surface area (Å²) >= 11 is 0. The number of carbonyl (C=O) groups excluding carboxylic acids is 1. The highest BCUT2D eigenvalue weighted by Crippen LogP contribution is 2.14. The first-order valence-electron chi connectivity index (χ1n) is 5.42. The zero-order chi connectivity index (χ0) is 10.2. The lowest BCUT2D eigenvalue weighted by atomic mass is 10.2. The van der Waals surface area contributed by atoms with Gasteiger partial charge in [-0.15, -0.1) is 0 Å². The Kier molecular flexibility index (Phi) is 5.56. The molecule has 0 aromatic rings. The molecule has 0 saturated carbocycles. The molecule has 1 rings (SSSR count). The topological polar surface area (TPSA) is 50.4 Å². The predicted molar refractivity (Wildman–Crippen MR) is 55.1 cm³/mol. The van der Waals surface area contributed by atoms with Gasteiger partial charge in [0, 0.05) is 13.2 Å². The number of rotatable bonds is 6. The summed E-state index contributed by atoms with van der Waals surface area (Å²) < 4.78 is 5.45. The highest BCUT2D eigenvalue weighted by atomic mass is 16.5. The second kappa shape index (κ2) is 6.79. The van der Waals surface area contributed by atoms with E-state index >= 15 is 0 Å². The quantitative estimate of drug-likeness (QED) is 0.647. The Morgan fingerprint density at radius 2 is 2.43 bits per heavy atom. The average molecular weight is 200 g/mol. The van der Waals surface area contributed by atoms with Crippen LogP contribution in [-0.2, 0) is 9.53 Å². The van der Waals surface area contributed by atoms with Gasteiger partial charge in [0.2, 0.25) is 5.91 Å². The lowest BCUT2D eigenvalue weighted by Crippen LogP contribution is -2.35. The molecule has 0 bridgehead atoms. The van der Waals surface area contributed by atoms with Gasteiger partial charge in [-0.2, -0.15) is 0 Å². The van der Waals surface area contributed by atoms with Crippen LogP contribution in [0.1, 0.15) is 26.2 Å². The van der Waals surface area contributed by atoms with Crippen molar-refractivity contribution in [3.8, 4) is 0 Å². The predicted octanol–water partition coefficient (Wildman–Crippen LogP) is 0.281. The summed E-state index contributed by atoms with van der Waals surface area (Å²) in [5, 5.41) is 5.85. The second-order valence-electron chi connectivity index (χ2n) is 3.55. The largest absolute Gasteiger partial charge is 0.378 e. The van der Waals surface area contributed by atoms with Gasteiger partial charge in [0.25, 0.3) is 0 Å². The van der Waals surface area contributed by atoms with E-state index in [2.05, 4.69) is 10.6 Å². The lowest BCUT2D eigenvalue weighted by molar-refractivity contribution is -0.120. The Morgan fingerprint density at radius 1 is 1.57 bits per heavy atom. The van der Waals surface area contributed by atoms with Crippen LogP contribution in [0, 0.1) is 0 Å². The Labute approximate surface area is 85.4 Å². The Bertz CT molecular complexity index is 168. The molecule has 0 aromatic carbocycles. The van der Waals surface area contributed by atoms with Crippen molar-refractivity contribution >= 4 is 5.91 Å². The van der Waals surface area contributed by atoms with Gasteiger partial charge in [-0.05, 0) is 25.8 Å². The van der Waals surface area contributed by atoms with Gasteiger partial charge in [-0.3, -0.25) is 4.79 Å². The Morgan fingerprint density at radius 3 is 3.07 bits per heavy atom. The molecular formula is C10H20N2O2. The van der Waals surface area contributed by atoms with Crippen molar-refractivity contribution in [2.45, 2.75) is 32.3 Å². The molecule has 1 aliphatic heterocycles. The summed E-state index contributed by atoms with van der Waals surface area (Å²) in [4.78, 5) is 11.2. The maximum atomic E-state index is 11.2. The first-order chi connectivity index (χ1) is 6.83. The van der Waals surface area contributed by atoms with Crippen LogP contribution in [0.2, 0.25) is 0 Å². The highest BCUT2D eigenvalue weighted by Gasteiger charge is 2.14. The molecule has 0 aliphatic carbocycles. The molecule has 1 heterocycles. The monoisotopic (exact) mass is 200 g/mol. The fourth-order valence-electron chi connectivity index (χ4n) is 1.55. The van der Waals surface area contributed by atoms with Gasteiger partial charge in [0.05, 0.1) is 12.6 Å². The van der Waals surface area contributed by atoms with Crippen molar-refractivity contribution in [3.05, 3.63) is 0 Å². The van der Waals surface area contributed by atoms with E-state index in [0.29, 0.717) is 12.6 Å². The van der Waals surface area contributed by atoms with Gasteiger partial charge in [0.1, 0.15) is 0 Å². The van der Waals surface area contributed by atoms with Crippen molar-refractivity contribution in [2.24, 2.45) is 0 Å². The van der Waals surface area contributed by atoms with Crippen LogP contribution in [0.5, 0.6) is 0 Å². The highest BCUT2D eigenvalue weighted by molar-refractivity contribution is 5.77. The number of amides is 1. The average Bonchev–Trinajstić information content (AvgIpc) is 2.67. The van der Waals surface area contributed by atoms with E-state index in [0.717, 1.165) is 39.0 Å². The zero-order valence-corrected chi connectivity index (χ0v) is 8.84. The molecule has 4 nitrogen and oxygen atoms in total. The van der Waals surface area contributed by atoms with Gasteiger partial charge in [-0.25, -0.2) is 0 Å². The fourth-order valence-corrected chi connectivity index (χ4v) is 1.55.